The Bertz CT molecular complexity index is 736. The summed E-state index contributed by atoms with van der Waals surface area (Å²) < 4.78 is 18.1. The molecular formula is C20H24FN3O2. The molecule has 2 heterocycles. The standard InChI is InChI=1S/C20H24FN3O2/c1-26-14-18-4-2-6-19(22-18)20(25)23-17-5-3-11-24(13-17)12-15-7-9-16(21)10-8-15/h2,4,6-10,17H,3,5,11-14H2,1H3,(H,23,25)/t17-/m0/s1. The molecule has 26 heavy (non-hydrogen) atoms. The third kappa shape index (κ3) is 5.09. The summed E-state index contributed by atoms with van der Waals surface area (Å²) in [6.07, 6.45) is 1.96. The molecular weight excluding hydrogens is 333 g/mol. The van der Waals surface area contributed by atoms with Crippen molar-refractivity contribution in [3.8, 4) is 0 Å². The van der Waals surface area contributed by atoms with Crippen molar-refractivity contribution in [2.75, 3.05) is 20.2 Å². The van der Waals surface area contributed by atoms with Gasteiger partial charge in [-0.15, -0.1) is 0 Å². The van der Waals surface area contributed by atoms with Gasteiger partial charge in [-0.1, -0.05) is 18.2 Å². The van der Waals surface area contributed by atoms with Gasteiger partial charge in [-0.25, -0.2) is 9.37 Å². The molecule has 6 heteroatoms. The topological polar surface area (TPSA) is 54.5 Å². The van der Waals surface area contributed by atoms with E-state index in [1.165, 1.54) is 12.1 Å². The summed E-state index contributed by atoms with van der Waals surface area (Å²) in [4.78, 5) is 19.1. The second-order valence-corrected chi connectivity index (χ2v) is 6.62. The van der Waals surface area contributed by atoms with E-state index < -0.39 is 0 Å². The van der Waals surface area contributed by atoms with Crippen molar-refractivity contribution in [3.05, 3.63) is 65.2 Å². The van der Waals surface area contributed by atoms with Crippen LogP contribution in [0.4, 0.5) is 4.39 Å². The Labute approximate surface area is 153 Å². The first-order chi connectivity index (χ1) is 12.6. The smallest absolute Gasteiger partial charge is 0.270 e. The largest absolute Gasteiger partial charge is 0.378 e. The second kappa shape index (κ2) is 8.87. The zero-order chi connectivity index (χ0) is 18.4. The average molecular weight is 357 g/mol. The van der Waals surface area contributed by atoms with Crippen molar-refractivity contribution in [2.24, 2.45) is 0 Å². The Balaban J connectivity index is 1.56. The fourth-order valence-corrected chi connectivity index (χ4v) is 3.26. The van der Waals surface area contributed by atoms with E-state index >= 15 is 0 Å². The van der Waals surface area contributed by atoms with Gasteiger partial charge in [0.1, 0.15) is 11.5 Å². The van der Waals surface area contributed by atoms with E-state index in [0.717, 1.165) is 43.7 Å². The van der Waals surface area contributed by atoms with Crippen LogP contribution in [0.15, 0.2) is 42.5 Å². The molecule has 138 valence electrons. The maximum absolute atomic E-state index is 13.0. The summed E-state index contributed by atoms with van der Waals surface area (Å²) in [7, 11) is 1.60. The van der Waals surface area contributed by atoms with Crippen molar-refractivity contribution < 1.29 is 13.9 Å². The first-order valence-electron chi connectivity index (χ1n) is 8.86. The Kier molecular flexibility index (Phi) is 6.30. The number of benzene rings is 1. The van der Waals surface area contributed by atoms with Gasteiger partial charge in [-0.05, 0) is 49.2 Å². The van der Waals surface area contributed by atoms with E-state index in [2.05, 4.69) is 15.2 Å². The van der Waals surface area contributed by atoms with Crippen molar-refractivity contribution in [1.82, 2.24) is 15.2 Å². The SMILES string of the molecule is COCc1cccc(C(=O)N[C@H]2CCCN(Cc3ccc(F)cc3)C2)n1. The van der Waals surface area contributed by atoms with Crippen LogP contribution in [-0.4, -0.2) is 42.0 Å². The summed E-state index contributed by atoms with van der Waals surface area (Å²) in [6.45, 7) is 2.90. The number of halogens is 1. The van der Waals surface area contributed by atoms with E-state index in [1.807, 2.05) is 24.3 Å². The first kappa shape index (κ1) is 18.5. The van der Waals surface area contributed by atoms with Crippen molar-refractivity contribution >= 4 is 5.91 Å². The number of ether oxygens (including phenoxy) is 1. The highest BCUT2D eigenvalue weighted by atomic mass is 19.1. The number of hydrogen-bond donors (Lipinski definition) is 1. The van der Waals surface area contributed by atoms with Crippen molar-refractivity contribution in [2.45, 2.75) is 32.0 Å². The molecule has 3 rings (SSSR count). The molecule has 0 spiro atoms. The summed E-state index contributed by atoms with van der Waals surface area (Å²) >= 11 is 0. The number of methoxy groups -OCH3 is 1. The van der Waals surface area contributed by atoms with Crippen LogP contribution in [0.5, 0.6) is 0 Å². The molecule has 0 saturated carbocycles. The van der Waals surface area contributed by atoms with Crippen LogP contribution in [0.3, 0.4) is 0 Å². The lowest BCUT2D eigenvalue weighted by Crippen LogP contribution is -2.47. The Hall–Kier alpha value is -2.31. The summed E-state index contributed by atoms with van der Waals surface area (Å²) in [5.41, 5.74) is 2.23. The number of carbonyl (C=O) groups is 1. The fraction of sp³-hybridized carbons (Fsp3) is 0.400. The number of nitrogens with zero attached hydrogens (tertiary/aromatic N) is 2. The first-order valence-corrected chi connectivity index (χ1v) is 8.86. The highest BCUT2D eigenvalue weighted by Crippen LogP contribution is 2.15. The predicted octanol–water partition coefficient (Wildman–Crippen LogP) is 2.76. The lowest BCUT2D eigenvalue weighted by atomic mass is 10.0. The normalized spacial score (nSPS) is 17.8. The number of pyridine rings is 1. The summed E-state index contributed by atoms with van der Waals surface area (Å²) in [5, 5.41) is 3.09. The number of carbonyl (C=O) groups excluding carboxylic acids is 1. The summed E-state index contributed by atoms with van der Waals surface area (Å²) in [6, 6.07) is 12.0. The molecule has 2 aromatic rings. The maximum Gasteiger partial charge on any atom is 0.270 e. The van der Waals surface area contributed by atoms with Crippen LogP contribution in [0, 0.1) is 5.82 Å². The van der Waals surface area contributed by atoms with Crippen LogP contribution in [-0.2, 0) is 17.9 Å². The van der Waals surface area contributed by atoms with Crippen LogP contribution < -0.4 is 5.32 Å². The van der Waals surface area contributed by atoms with E-state index in [0.29, 0.717) is 12.3 Å². The Morgan fingerprint density at radius 2 is 2.12 bits per heavy atom. The summed E-state index contributed by atoms with van der Waals surface area (Å²) in [5.74, 6) is -0.377. The molecule has 1 N–H and O–H groups in total. The van der Waals surface area contributed by atoms with Crippen molar-refractivity contribution in [1.29, 1.82) is 0 Å². The van der Waals surface area contributed by atoms with Gasteiger partial charge in [0.05, 0.1) is 12.3 Å². The molecule has 1 aromatic carbocycles. The minimum atomic E-state index is -0.222. The molecule has 1 aliphatic heterocycles. The lowest BCUT2D eigenvalue weighted by molar-refractivity contribution is 0.0894. The number of hydrogen-bond acceptors (Lipinski definition) is 4. The second-order valence-electron chi connectivity index (χ2n) is 6.62. The van der Waals surface area contributed by atoms with Gasteiger partial charge in [0.25, 0.3) is 5.91 Å². The number of likely N-dealkylation sites (tertiary alicyclic amines) is 1. The molecule has 1 aromatic heterocycles. The molecule has 1 saturated heterocycles. The highest BCUT2D eigenvalue weighted by molar-refractivity contribution is 5.92. The predicted molar refractivity (Wildman–Crippen MR) is 97.1 cm³/mol. The molecule has 0 aliphatic carbocycles. The quantitative estimate of drug-likeness (QED) is 0.864. The van der Waals surface area contributed by atoms with Gasteiger partial charge in [-0.2, -0.15) is 0 Å². The van der Waals surface area contributed by atoms with Crippen LogP contribution in [0.25, 0.3) is 0 Å². The van der Waals surface area contributed by atoms with E-state index in [9.17, 15) is 9.18 Å². The minimum Gasteiger partial charge on any atom is -0.378 e. The van der Waals surface area contributed by atoms with E-state index in [4.69, 9.17) is 4.74 Å². The average Bonchev–Trinajstić information content (AvgIpc) is 2.64. The molecule has 1 atom stereocenters. The fourth-order valence-electron chi connectivity index (χ4n) is 3.26. The molecule has 1 fully saturated rings. The highest BCUT2D eigenvalue weighted by Gasteiger charge is 2.22. The number of piperidine rings is 1. The maximum atomic E-state index is 13.0. The minimum absolute atomic E-state index is 0.0876. The van der Waals surface area contributed by atoms with E-state index in [1.54, 1.807) is 13.2 Å². The molecule has 0 bridgehead atoms. The molecule has 5 nitrogen and oxygen atoms in total. The van der Waals surface area contributed by atoms with Gasteiger partial charge < -0.3 is 10.1 Å². The third-order valence-corrected chi connectivity index (χ3v) is 4.49. The van der Waals surface area contributed by atoms with Gasteiger partial charge in [0, 0.05) is 26.2 Å². The number of rotatable bonds is 6. The molecule has 1 aliphatic rings. The lowest BCUT2D eigenvalue weighted by Gasteiger charge is -2.33. The van der Waals surface area contributed by atoms with Gasteiger partial charge in [-0.3, -0.25) is 9.69 Å². The molecule has 1 amide bonds. The number of amides is 1. The molecule has 0 unspecified atom stereocenters. The van der Waals surface area contributed by atoms with Crippen LogP contribution >= 0.6 is 0 Å². The van der Waals surface area contributed by atoms with Gasteiger partial charge in [0.2, 0.25) is 0 Å². The Morgan fingerprint density at radius 1 is 1.31 bits per heavy atom. The number of aromatic nitrogens is 1. The van der Waals surface area contributed by atoms with E-state index in [-0.39, 0.29) is 17.8 Å². The zero-order valence-electron chi connectivity index (χ0n) is 15.0. The molecule has 0 radical (unpaired) electrons. The van der Waals surface area contributed by atoms with Gasteiger partial charge in [0.15, 0.2) is 0 Å². The van der Waals surface area contributed by atoms with Crippen LogP contribution in [0.2, 0.25) is 0 Å². The zero-order valence-corrected chi connectivity index (χ0v) is 15.0. The van der Waals surface area contributed by atoms with Gasteiger partial charge >= 0.3 is 0 Å². The van der Waals surface area contributed by atoms with Crippen molar-refractivity contribution in [3.63, 3.8) is 0 Å². The number of nitrogens with one attached hydrogen (secondary N) is 1. The van der Waals surface area contributed by atoms with Crippen LogP contribution in [0.1, 0.15) is 34.6 Å². The Morgan fingerprint density at radius 3 is 2.88 bits per heavy atom. The third-order valence-electron chi connectivity index (χ3n) is 4.49. The monoisotopic (exact) mass is 357 g/mol.